The van der Waals surface area contributed by atoms with E-state index in [1.807, 2.05) is 6.07 Å². The Hall–Kier alpha value is -3.94. The van der Waals surface area contributed by atoms with E-state index in [9.17, 15) is 19.7 Å². The first kappa shape index (κ1) is 16.9. The SMILES string of the molecule is O=C(Nc1ccc(OC(=O)c2cc([N+](=O)[O-])c[nH]2)cc1)c1ccccc1. The first-order valence-electron chi connectivity index (χ1n) is 7.54. The smallest absolute Gasteiger partial charge is 0.360 e. The van der Waals surface area contributed by atoms with Crippen LogP contribution in [-0.4, -0.2) is 21.8 Å². The van der Waals surface area contributed by atoms with Crippen LogP contribution in [0.1, 0.15) is 20.8 Å². The molecule has 8 heteroatoms. The molecule has 0 aliphatic carbocycles. The van der Waals surface area contributed by atoms with Crippen molar-refractivity contribution in [2.45, 2.75) is 0 Å². The summed E-state index contributed by atoms with van der Waals surface area (Å²) >= 11 is 0. The molecule has 3 rings (SSSR count). The summed E-state index contributed by atoms with van der Waals surface area (Å²) in [5, 5.41) is 13.3. The molecule has 0 spiro atoms. The molecule has 0 saturated carbocycles. The highest BCUT2D eigenvalue weighted by Crippen LogP contribution is 2.19. The van der Waals surface area contributed by atoms with Gasteiger partial charge in [0.2, 0.25) is 0 Å². The minimum absolute atomic E-state index is 0.0295. The predicted octanol–water partition coefficient (Wildman–Crippen LogP) is 3.39. The van der Waals surface area contributed by atoms with E-state index in [-0.39, 0.29) is 23.0 Å². The molecule has 0 bridgehead atoms. The molecule has 0 fully saturated rings. The second kappa shape index (κ2) is 7.31. The highest BCUT2D eigenvalue weighted by molar-refractivity contribution is 6.04. The van der Waals surface area contributed by atoms with Gasteiger partial charge in [-0.1, -0.05) is 18.2 Å². The maximum absolute atomic E-state index is 12.1. The zero-order chi connectivity index (χ0) is 18.5. The van der Waals surface area contributed by atoms with Crippen LogP contribution >= 0.6 is 0 Å². The number of nitro groups is 1. The number of hydrogen-bond acceptors (Lipinski definition) is 5. The van der Waals surface area contributed by atoms with Crippen LogP contribution in [0.5, 0.6) is 5.75 Å². The normalized spacial score (nSPS) is 10.2. The molecule has 0 saturated heterocycles. The first-order valence-corrected chi connectivity index (χ1v) is 7.54. The van der Waals surface area contributed by atoms with Crippen LogP contribution in [0.25, 0.3) is 0 Å². The number of esters is 1. The monoisotopic (exact) mass is 351 g/mol. The molecule has 0 unspecified atom stereocenters. The lowest BCUT2D eigenvalue weighted by Crippen LogP contribution is -2.12. The molecule has 0 aliphatic rings. The first-order chi connectivity index (χ1) is 12.5. The number of carbonyl (C=O) groups is 2. The fraction of sp³-hybridized carbons (Fsp3) is 0. The molecular formula is C18H13N3O5. The Bertz CT molecular complexity index is 948. The second-order valence-corrected chi connectivity index (χ2v) is 5.26. The van der Waals surface area contributed by atoms with Crippen LogP contribution < -0.4 is 10.1 Å². The Kier molecular flexibility index (Phi) is 4.75. The Morgan fingerprint density at radius 3 is 2.35 bits per heavy atom. The lowest BCUT2D eigenvalue weighted by Gasteiger charge is -2.07. The van der Waals surface area contributed by atoms with Crippen molar-refractivity contribution < 1.29 is 19.2 Å². The molecule has 1 aromatic heterocycles. The summed E-state index contributed by atoms with van der Waals surface area (Å²) in [6.07, 6.45) is 1.11. The number of H-pyrrole nitrogens is 1. The van der Waals surface area contributed by atoms with Crippen molar-refractivity contribution in [2.75, 3.05) is 5.32 Å². The highest BCUT2D eigenvalue weighted by atomic mass is 16.6. The molecule has 26 heavy (non-hydrogen) atoms. The maximum Gasteiger partial charge on any atom is 0.360 e. The Labute approximate surface area is 147 Å². The van der Waals surface area contributed by atoms with Gasteiger partial charge in [0.1, 0.15) is 11.4 Å². The quantitative estimate of drug-likeness (QED) is 0.316. The summed E-state index contributed by atoms with van der Waals surface area (Å²) in [6, 6.07) is 16.0. The molecule has 0 atom stereocenters. The lowest BCUT2D eigenvalue weighted by molar-refractivity contribution is -0.384. The Morgan fingerprint density at radius 2 is 1.73 bits per heavy atom. The zero-order valence-electron chi connectivity index (χ0n) is 13.3. The number of amides is 1. The van der Waals surface area contributed by atoms with E-state index >= 15 is 0 Å². The third-order valence-electron chi connectivity index (χ3n) is 3.46. The van der Waals surface area contributed by atoms with Crippen molar-refractivity contribution in [3.05, 3.63) is 88.2 Å². The maximum atomic E-state index is 12.1. The topological polar surface area (TPSA) is 114 Å². The molecule has 0 aliphatic heterocycles. The van der Waals surface area contributed by atoms with E-state index in [1.165, 1.54) is 12.1 Å². The Balaban J connectivity index is 1.63. The number of anilines is 1. The standard InChI is InChI=1S/C18H13N3O5/c22-17(12-4-2-1-3-5-12)20-13-6-8-15(9-7-13)26-18(23)16-10-14(11-19-16)21(24)25/h1-11,19H,(H,20,22). The number of aromatic nitrogens is 1. The average Bonchev–Trinajstić information content (AvgIpc) is 3.15. The van der Waals surface area contributed by atoms with Gasteiger partial charge in [-0.05, 0) is 36.4 Å². The summed E-state index contributed by atoms with van der Waals surface area (Å²) in [4.78, 5) is 36.5. The summed E-state index contributed by atoms with van der Waals surface area (Å²) < 4.78 is 5.13. The van der Waals surface area contributed by atoms with Gasteiger partial charge in [0, 0.05) is 17.3 Å². The minimum Gasteiger partial charge on any atom is -0.422 e. The van der Waals surface area contributed by atoms with Gasteiger partial charge in [0.05, 0.1) is 11.1 Å². The van der Waals surface area contributed by atoms with Crippen LogP contribution in [0, 0.1) is 10.1 Å². The van der Waals surface area contributed by atoms with Crippen molar-refractivity contribution in [1.29, 1.82) is 0 Å². The van der Waals surface area contributed by atoms with Crippen molar-refractivity contribution >= 4 is 23.3 Å². The van der Waals surface area contributed by atoms with Gasteiger partial charge in [0.15, 0.2) is 0 Å². The Morgan fingerprint density at radius 1 is 1.04 bits per heavy atom. The molecule has 3 aromatic rings. The number of rotatable bonds is 5. The van der Waals surface area contributed by atoms with Gasteiger partial charge in [0.25, 0.3) is 11.6 Å². The molecule has 0 radical (unpaired) electrons. The van der Waals surface area contributed by atoms with E-state index in [4.69, 9.17) is 4.74 Å². The van der Waals surface area contributed by atoms with Gasteiger partial charge < -0.3 is 15.0 Å². The number of aromatic amines is 1. The number of carbonyl (C=O) groups excluding carboxylic acids is 2. The van der Waals surface area contributed by atoms with E-state index < -0.39 is 10.9 Å². The summed E-state index contributed by atoms with van der Waals surface area (Å²) in [5.41, 5.74) is 0.805. The average molecular weight is 351 g/mol. The fourth-order valence-electron chi connectivity index (χ4n) is 2.17. The van der Waals surface area contributed by atoms with Crippen LogP contribution in [0.2, 0.25) is 0 Å². The van der Waals surface area contributed by atoms with Crippen molar-refractivity contribution in [3.8, 4) is 5.75 Å². The molecule has 2 aromatic carbocycles. The zero-order valence-corrected chi connectivity index (χ0v) is 13.3. The van der Waals surface area contributed by atoms with E-state index in [0.29, 0.717) is 11.3 Å². The minimum atomic E-state index is -0.751. The third-order valence-corrected chi connectivity index (χ3v) is 3.46. The van der Waals surface area contributed by atoms with Crippen LogP contribution in [-0.2, 0) is 0 Å². The second-order valence-electron chi connectivity index (χ2n) is 5.26. The number of ether oxygens (including phenoxy) is 1. The number of benzene rings is 2. The summed E-state index contributed by atoms with van der Waals surface area (Å²) in [7, 11) is 0. The van der Waals surface area contributed by atoms with Gasteiger partial charge in [-0.25, -0.2) is 4.79 Å². The number of hydrogen-bond donors (Lipinski definition) is 2. The van der Waals surface area contributed by atoms with Crippen LogP contribution in [0.4, 0.5) is 11.4 Å². The van der Waals surface area contributed by atoms with E-state index in [0.717, 1.165) is 12.3 Å². The largest absolute Gasteiger partial charge is 0.422 e. The number of nitrogens with one attached hydrogen (secondary N) is 2. The molecule has 8 nitrogen and oxygen atoms in total. The summed E-state index contributed by atoms with van der Waals surface area (Å²) in [6.45, 7) is 0. The molecule has 130 valence electrons. The molecule has 1 heterocycles. The highest BCUT2D eigenvalue weighted by Gasteiger charge is 2.16. The van der Waals surface area contributed by atoms with Crippen molar-refractivity contribution in [1.82, 2.24) is 4.98 Å². The van der Waals surface area contributed by atoms with Gasteiger partial charge in [-0.2, -0.15) is 0 Å². The van der Waals surface area contributed by atoms with E-state index in [1.54, 1.807) is 36.4 Å². The molecule has 2 N–H and O–H groups in total. The van der Waals surface area contributed by atoms with Crippen LogP contribution in [0.3, 0.4) is 0 Å². The predicted molar refractivity (Wildman–Crippen MR) is 93.2 cm³/mol. The van der Waals surface area contributed by atoms with Crippen LogP contribution in [0.15, 0.2) is 66.9 Å². The number of nitrogens with zero attached hydrogens (tertiary/aromatic N) is 1. The molecular weight excluding hydrogens is 338 g/mol. The lowest BCUT2D eigenvalue weighted by atomic mass is 10.2. The third kappa shape index (κ3) is 3.93. The summed E-state index contributed by atoms with van der Waals surface area (Å²) in [5.74, 6) is -0.766. The van der Waals surface area contributed by atoms with Crippen molar-refractivity contribution in [2.24, 2.45) is 0 Å². The van der Waals surface area contributed by atoms with Gasteiger partial charge in [-0.3, -0.25) is 14.9 Å². The fourth-order valence-corrected chi connectivity index (χ4v) is 2.17. The van der Waals surface area contributed by atoms with Crippen molar-refractivity contribution in [3.63, 3.8) is 0 Å². The van der Waals surface area contributed by atoms with Gasteiger partial charge in [-0.15, -0.1) is 0 Å². The van der Waals surface area contributed by atoms with E-state index in [2.05, 4.69) is 10.3 Å². The molecule has 1 amide bonds. The van der Waals surface area contributed by atoms with Gasteiger partial charge >= 0.3 is 5.97 Å².